The van der Waals surface area contributed by atoms with Gasteiger partial charge in [0.25, 0.3) is 5.56 Å². The molecule has 1 atom stereocenters. The number of hydrogen-bond donors (Lipinski definition) is 0. The Labute approximate surface area is 117 Å². The predicted octanol–water partition coefficient (Wildman–Crippen LogP) is 1.01. The van der Waals surface area contributed by atoms with Crippen molar-refractivity contribution in [2.45, 2.75) is 32.4 Å². The van der Waals surface area contributed by atoms with E-state index in [9.17, 15) is 4.79 Å². The maximum Gasteiger partial charge on any atom is 0.266 e. The minimum absolute atomic E-state index is 0.0605. The van der Waals surface area contributed by atoms with E-state index < -0.39 is 0 Å². The van der Waals surface area contributed by atoms with Crippen molar-refractivity contribution in [3.63, 3.8) is 0 Å². The van der Waals surface area contributed by atoms with E-state index in [0.29, 0.717) is 6.54 Å². The molecule has 1 aliphatic rings. The zero-order valence-electron chi connectivity index (χ0n) is 11.4. The fourth-order valence-electron chi connectivity index (χ4n) is 2.64. The van der Waals surface area contributed by atoms with Gasteiger partial charge in [-0.25, -0.2) is 9.67 Å². The highest BCUT2D eigenvalue weighted by molar-refractivity contribution is 5.39. The van der Waals surface area contributed by atoms with Crippen molar-refractivity contribution in [3.05, 3.63) is 46.8 Å². The van der Waals surface area contributed by atoms with Crippen LogP contribution in [0.2, 0.25) is 0 Å². The summed E-state index contributed by atoms with van der Waals surface area (Å²) in [7, 11) is 0. The molecular formula is C14H17N5O. The third-order valence-corrected chi connectivity index (χ3v) is 3.58. The Hall–Kier alpha value is -2.24. The zero-order chi connectivity index (χ0) is 13.9. The second kappa shape index (κ2) is 5.40. The standard InChI is InChI=1S/C14H17N5O/c1-11-8-15-9-13(17-11)18-7-3-4-12(18)10-19-14(20)5-2-6-16-19/h2,5-6,8-9,12H,3-4,7,10H2,1H3. The summed E-state index contributed by atoms with van der Waals surface area (Å²) in [5.41, 5.74) is 0.845. The Bertz CT molecular complexity index is 654. The minimum Gasteiger partial charge on any atom is -0.350 e. The van der Waals surface area contributed by atoms with Crippen molar-refractivity contribution >= 4 is 5.82 Å². The maximum atomic E-state index is 11.8. The molecule has 0 saturated carbocycles. The van der Waals surface area contributed by atoms with Gasteiger partial charge in [-0.15, -0.1) is 0 Å². The van der Waals surface area contributed by atoms with Crippen molar-refractivity contribution in [1.82, 2.24) is 19.7 Å². The Morgan fingerprint density at radius 1 is 1.40 bits per heavy atom. The molecule has 1 aliphatic heterocycles. The number of nitrogens with zero attached hydrogens (tertiary/aromatic N) is 5. The van der Waals surface area contributed by atoms with Crippen LogP contribution in [-0.2, 0) is 6.54 Å². The first-order valence-corrected chi connectivity index (χ1v) is 6.81. The molecule has 0 N–H and O–H groups in total. The lowest BCUT2D eigenvalue weighted by Gasteiger charge is -2.25. The van der Waals surface area contributed by atoms with Crippen LogP contribution >= 0.6 is 0 Å². The van der Waals surface area contributed by atoms with E-state index >= 15 is 0 Å². The summed E-state index contributed by atoms with van der Waals surface area (Å²) in [6.07, 6.45) is 7.32. The largest absolute Gasteiger partial charge is 0.350 e. The first kappa shape index (κ1) is 12.8. The molecule has 1 unspecified atom stereocenters. The normalized spacial score (nSPS) is 18.4. The number of aromatic nitrogens is 4. The first-order chi connectivity index (χ1) is 9.74. The molecule has 1 saturated heterocycles. The van der Waals surface area contributed by atoms with E-state index in [1.165, 1.54) is 4.68 Å². The van der Waals surface area contributed by atoms with Gasteiger partial charge in [-0.3, -0.25) is 9.78 Å². The van der Waals surface area contributed by atoms with Gasteiger partial charge in [0.05, 0.1) is 24.5 Å². The van der Waals surface area contributed by atoms with Crippen molar-refractivity contribution in [2.24, 2.45) is 0 Å². The van der Waals surface area contributed by atoms with Gasteiger partial charge in [0, 0.05) is 25.0 Å². The van der Waals surface area contributed by atoms with Gasteiger partial charge in [0.1, 0.15) is 5.82 Å². The van der Waals surface area contributed by atoms with Gasteiger partial charge in [0.15, 0.2) is 0 Å². The molecule has 0 bridgehead atoms. The molecule has 3 rings (SSSR count). The van der Waals surface area contributed by atoms with Crippen LogP contribution in [0.5, 0.6) is 0 Å². The quantitative estimate of drug-likeness (QED) is 0.833. The molecule has 104 valence electrons. The summed E-state index contributed by atoms with van der Waals surface area (Å²) < 4.78 is 1.52. The van der Waals surface area contributed by atoms with E-state index in [0.717, 1.165) is 30.9 Å². The van der Waals surface area contributed by atoms with E-state index in [-0.39, 0.29) is 11.6 Å². The summed E-state index contributed by atoms with van der Waals surface area (Å²) in [5, 5.41) is 4.13. The highest BCUT2D eigenvalue weighted by Crippen LogP contribution is 2.24. The van der Waals surface area contributed by atoms with Gasteiger partial charge in [-0.2, -0.15) is 5.10 Å². The molecule has 0 spiro atoms. The third kappa shape index (κ3) is 2.54. The lowest BCUT2D eigenvalue weighted by atomic mass is 10.2. The Morgan fingerprint density at radius 3 is 3.10 bits per heavy atom. The van der Waals surface area contributed by atoms with Gasteiger partial charge in [-0.1, -0.05) is 0 Å². The molecule has 6 nitrogen and oxygen atoms in total. The van der Waals surface area contributed by atoms with Crippen LogP contribution in [0.15, 0.2) is 35.5 Å². The molecule has 20 heavy (non-hydrogen) atoms. The Kier molecular flexibility index (Phi) is 3.45. The highest BCUT2D eigenvalue weighted by Gasteiger charge is 2.26. The fourth-order valence-corrected chi connectivity index (χ4v) is 2.64. The van der Waals surface area contributed by atoms with Crippen molar-refractivity contribution < 1.29 is 0 Å². The van der Waals surface area contributed by atoms with Crippen molar-refractivity contribution in [3.8, 4) is 0 Å². The number of rotatable bonds is 3. The van der Waals surface area contributed by atoms with E-state index in [1.54, 1.807) is 30.7 Å². The van der Waals surface area contributed by atoms with Crippen LogP contribution in [0.3, 0.4) is 0 Å². The molecule has 0 radical (unpaired) electrons. The van der Waals surface area contributed by atoms with Gasteiger partial charge in [-0.05, 0) is 25.8 Å². The van der Waals surface area contributed by atoms with Gasteiger partial charge >= 0.3 is 0 Å². The second-order valence-electron chi connectivity index (χ2n) is 5.05. The van der Waals surface area contributed by atoms with Crippen LogP contribution < -0.4 is 10.5 Å². The second-order valence-corrected chi connectivity index (χ2v) is 5.05. The lowest BCUT2D eigenvalue weighted by molar-refractivity contribution is 0.486. The smallest absolute Gasteiger partial charge is 0.266 e. The van der Waals surface area contributed by atoms with Crippen LogP contribution in [0.4, 0.5) is 5.82 Å². The monoisotopic (exact) mass is 271 g/mol. The van der Waals surface area contributed by atoms with Gasteiger partial charge < -0.3 is 4.90 Å². The SMILES string of the molecule is Cc1cncc(N2CCCC2Cn2ncccc2=O)n1. The fraction of sp³-hybridized carbons (Fsp3) is 0.429. The Morgan fingerprint density at radius 2 is 2.30 bits per heavy atom. The summed E-state index contributed by atoms with van der Waals surface area (Å²) in [5.74, 6) is 0.886. The Balaban J connectivity index is 1.83. The van der Waals surface area contributed by atoms with Gasteiger partial charge in [0.2, 0.25) is 0 Å². The van der Waals surface area contributed by atoms with Crippen LogP contribution in [-0.4, -0.2) is 32.3 Å². The average Bonchev–Trinajstić information content (AvgIpc) is 2.90. The lowest BCUT2D eigenvalue weighted by Crippen LogP contribution is -2.37. The molecule has 2 aromatic heterocycles. The minimum atomic E-state index is -0.0605. The molecule has 1 fully saturated rings. The first-order valence-electron chi connectivity index (χ1n) is 6.81. The number of hydrogen-bond acceptors (Lipinski definition) is 5. The van der Waals surface area contributed by atoms with E-state index in [1.807, 2.05) is 6.92 Å². The molecular weight excluding hydrogens is 254 g/mol. The molecule has 0 aliphatic carbocycles. The van der Waals surface area contributed by atoms with Crippen LogP contribution in [0.1, 0.15) is 18.5 Å². The van der Waals surface area contributed by atoms with Crippen molar-refractivity contribution in [1.29, 1.82) is 0 Å². The molecule has 0 aromatic carbocycles. The molecule has 0 amide bonds. The number of anilines is 1. The summed E-state index contributed by atoms with van der Waals surface area (Å²) in [4.78, 5) is 22.7. The predicted molar refractivity (Wildman–Crippen MR) is 75.6 cm³/mol. The molecule has 6 heteroatoms. The summed E-state index contributed by atoms with van der Waals surface area (Å²) in [6, 6.07) is 3.45. The zero-order valence-corrected chi connectivity index (χ0v) is 11.4. The van der Waals surface area contributed by atoms with Crippen LogP contribution in [0, 0.1) is 6.92 Å². The summed E-state index contributed by atoms with van der Waals surface area (Å²) in [6.45, 7) is 3.48. The third-order valence-electron chi connectivity index (χ3n) is 3.58. The average molecular weight is 271 g/mol. The maximum absolute atomic E-state index is 11.8. The molecule has 3 heterocycles. The van der Waals surface area contributed by atoms with E-state index in [2.05, 4.69) is 20.0 Å². The van der Waals surface area contributed by atoms with E-state index in [4.69, 9.17) is 0 Å². The number of aryl methyl sites for hydroxylation is 1. The topological polar surface area (TPSA) is 63.9 Å². The summed E-state index contributed by atoms with van der Waals surface area (Å²) >= 11 is 0. The van der Waals surface area contributed by atoms with Crippen LogP contribution in [0.25, 0.3) is 0 Å². The van der Waals surface area contributed by atoms with Crippen molar-refractivity contribution in [2.75, 3.05) is 11.4 Å². The molecule has 2 aromatic rings. The highest BCUT2D eigenvalue weighted by atomic mass is 16.1.